The fraction of sp³-hybridized carbons (Fsp3) is 0.909. The predicted octanol–water partition coefficient (Wildman–Crippen LogP) is 0.734. The summed E-state index contributed by atoms with van der Waals surface area (Å²) in [6.45, 7) is 5.73. The van der Waals surface area contributed by atoms with Crippen LogP contribution in [0.5, 0.6) is 0 Å². The summed E-state index contributed by atoms with van der Waals surface area (Å²) in [4.78, 5) is 11.8. The highest BCUT2D eigenvalue weighted by Crippen LogP contribution is 2.13. The molecule has 0 fully saturated rings. The molecule has 1 atom stereocenters. The van der Waals surface area contributed by atoms with E-state index in [2.05, 4.69) is 5.32 Å². The molecule has 0 aliphatic rings. The average molecular weight is 248 g/mol. The van der Waals surface area contributed by atoms with Crippen molar-refractivity contribution in [2.45, 2.75) is 44.8 Å². The summed E-state index contributed by atoms with van der Waals surface area (Å²) < 4.78 is 0. The van der Waals surface area contributed by atoms with E-state index in [1.54, 1.807) is 18.7 Å². The third kappa shape index (κ3) is 4.72. The van der Waals surface area contributed by atoms with Crippen molar-refractivity contribution in [2.24, 2.45) is 5.73 Å². The molecule has 5 heteroatoms. The molecule has 96 valence electrons. The Labute approximate surface area is 102 Å². The maximum Gasteiger partial charge on any atom is 0.240 e. The van der Waals surface area contributed by atoms with E-state index in [1.807, 2.05) is 20.1 Å². The van der Waals surface area contributed by atoms with Crippen LogP contribution in [0.1, 0.15) is 33.6 Å². The van der Waals surface area contributed by atoms with Gasteiger partial charge in [0.25, 0.3) is 0 Å². The SMILES string of the molecule is CCC(N)(CC)C(=O)NCC(C)(O)CSC. The molecule has 1 unspecified atom stereocenters. The van der Waals surface area contributed by atoms with Gasteiger partial charge < -0.3 is 16.2 Å². The fourth-order valence-electron chi connectivity index (χ4n) is 1.38. The quantitative estimate of drug-likeness (QED) is 0.621. The van der Waals surface area contributed by atoms with Crippen molar-refractivity contribution in [3.63, 3.8) is 0 Å². The summed E-state index contributed by atoms with van der Waals surface area (Å²) in [6.07, 6.45) is 3.11. The fourth-order valence-corrected chi connectivity index (χ4v) is 2.10. The van der Waals surface area contributed by atoms with E-state index < -0.39 is 11.1 Å². The van der Waals surface area contributed by atoms with Crippen LogP contribution in [0.3, 0.4) is 0 Å². The lowest BCUT2D eigenvalue weighted by Gasteiger charge is -2.28. The van der Waals surface area contributed by atoms with E-state index in [4.69, 9.17) is 5.73 Å². The Morgan fingerprint density at radius 2 is 1.94 bits per heavy atom. The first kappa shape index (κ1) is 15.7. The van der Waals surface area contributed by atoms with E-state index >= 15 is 0 Å². The van der Waals surface area contributed by atoms with E-state index in [0.29, 0.717) is 18.6 Å². The van der Waals surface area contributed by atoms with Crippen LogP contribution in [-0.2, 0) is 4.79 Å². The van der Waals surface area contributed by atoms with Crippen LogP contribution in [0.25, 0.3) is 0 Å². The molecule has 0 aliphatic carbocycles. The Kier molecular flexibility index (Phi) is 6.36. The van der Waals surface area contributed by atoms with Gasteiger partial charge in [0.1, 0.15) is 0 Å². The van der Waals surface area contributed by atoms with E-state index in [0.717, 1.165) is 0 Å². The summed E-state index contributed by atoms with van der Waals surface area (Å²) in [5.41, 5.74) is 4.26. The molecule has 1 amide bonds. The van der Waals surface area contributed by atoms with Crippen molar-refractivity contribution in [2.75, 3.05) is 18.6 Å². The van der Waals surface area contributed by atoms with Crippen molar-refractivity contribution in [3.8, 4) is 0 Å². The highest BCUT2D eigenvalue weighted by Gasteiger charge is 2.31. The standard InChI is InChI=1S/C11H24N2O2S/c1-5-11(12,6-2)9(14)13-7-10(3,15)8-16-4/h15H,5-8,12H2,1-4H3,(H,13,14). The Bertz CT molecular complexity index is 228. The molecule has 0 rings (SSSR count). The smallest absolute Gasteiger partial charge is 0.240 e. The summed E-state index contributed by atoms with van der Waals surface area (Å²) in [7, 11) is 0. The lowest BCUT2D eigenvalue weighted by atomic mass is 9.93. The highest BCUT2D eigenvalue weighted by molar-refractivity contribution is 7.98. The van der Waals surface area contributed by atoms with Crippen molar-refractivity contribution in [1.29, 1.82) is 0 Å². The molecule has 0 aromatic carbocycles. The number of aliphatic hydroxyl groups is 1. The first-order chi connectivity index (χ1) is 7.31. The van der Waals surface area contributed by atoms with Gasteiger partial charge in [-0.2, -0.15) is 11.8 Å². The van der Waals surface area contributed by atoms with Crippen LogP contribution in [0, 0.1) is 0 Å². The molecule has 0 aliphatic heterocycles. The monoisotopic (exact) mass is 248 g/mol. The number of thioether (sulfide) groups is 1. The molecule has 0 aromatic heterocycles. The second kappa shape index (κ2) is 6.47. The second-order valence-corrected chi connectivity index (χ2v) is 5.34. The zero-order valence-electron chi connectivity index (χ0n) is 10.7. The van der Waals surface area contributed by atoms with Gasteiger partial charge in [0.2, 0.25) is 5.91 Å². The normalized spacial score (nSPS) is 15.6. The number of hydrogen-bond acceptors (Lipinski definition) is 4. The van der Waals surface area contributed by atoms with Crippen LogP contribution in [0.4, 0.5) is 0 Å². The van der Waals surface area contributed by atoms with Gasteiger partial charge in [-0.25, -0.2) is 0 Å². The van der Waals surface area contributed by atoms with Gasteiger partial charge in [-0.3, -0.25) is 4.79 Å². The van der Waals surface area contributed by atoms with Crippen LogP contribution in [0.15, 0.2) is 0 Å². The average Bonchev–Trinajstić information content (AvgIpc) is 2.24. The molecule has 0 aromatic rings. The minimum absolute atomic E-state index is 0.182. The lowest BCUT2D eigenvalue weighted by molar-refractivity contribution is -0.127. The predicted molar refractivity (Wildman–Crippen MR) is 69.5 cm³/mol. The first-order valence-corrected chi connectivity index (χ1v) is 6.99. The van der Waals surface area contributed by atoms with Gasteiger partial charge in [-0.05, 0) is 26.0 Å². The van der Waals surface area contributed by atoms with Gasteiger partial charge >= 0.3 is 0 Å². The zero-order chi connectivity index (χ0) is 12.8. The molecule has 0 bridgehead atoms. The maximum absolute atomic E-state index is 11.8. The van der Waals surface area contributed by atoms with Gasteiger partial charge in [0.15, 0.2) is 0 Å². The van der Waals surface area contributed by atoms with E-state index in [9.17, 15) is 9.90 Å². The molecule has 0 radical (unpaired) electrons. The van der Waals surface area contributed by atoms with Crippen LogP contribution < -0.4 is 11.1 Å². The minimum Gasteiger partial charge on any atom is -0.387 e. The van der Waals surface area contributed by atoms with Gasteiger partial charge in [-0.1, -0.05) is 13.8 Å². The van der Waals surface area contributed by atoms with Crippen molar-refractivity contribution >= 4 is 17.7 Å². The number of carbonyl (C=O) groups is 1. The van der Waals surface area contributed by atoms with Crippen molar-refractivity contribution in [1.82, 2.24) is 5.32 Å². The topological polar surface area (TPSA) is 75.4 Å². The second-order valence-electron chi connectivity index (χ2n) is 4.48. The van der Waals surface area contributed by atoms with Gasteiger partial charge in [-0.15, -0.1) is 0 Å². The Morgan fingerprint density at radius 1 is 1.44 bits per heavy atom. The first-order valence-electron chi connectivity index (χ1n) is 5.60. The molecule has 4 N–H and O–H groups in total. The summed E-state index contributed by atoms with van der Waals surface area (Å²) in [5, 5.41) is 12.6. The summed E-state index contributed by atoms with van der Waals surface area (Å²) in [5.74, 6) is 0.405. The zero-order valence-corrected chi connectivity index (χ0v) is 11.5. The third-order valence-corrected chi connectivity index (χ3v) is 3.71. The number of hydrogen-bond donors (Lipinski definition) is 3. The number of amides is 1. The number of carbonyl (C=O) groups excluding carboxylic acids is 1. The van der Waals surface area contributed by atoms with Gasteiger partial charge in [0, 0.05) is 12.3 Å². The third-order valence-electron chi connectivity index (χ3n) is 2.80. The molecule has 4 nitrogen and oxygen atoms in total. The highest BCUT2D eigenvalue weighted by atomic mass is 32.2. The molecule has 0 saturated carbocycles. The number of rotatable bonds is 7. The molecular formula is C11H24N2O2S. The van der Waals surface area contributed by atoms with Crippen LogP contribution >= 0.6 is 11.8 Å². The Hall–Kier alpha value is -0.260. The number of nitrogens with one attached hydrogen (secondary N) is 1. The van der Waals surface area contributed by atoms with E-state index in [-0.39, 0.29) is 12.5 Å². The molecule has 0 saturated heterocycles. The Morgan fingerprint density at radius 3 is 2.31 bits per heavy atom. The van der Waals surface area contributed by atoms with Crippen LogP contribution in [0.2, 0.25) is 0 Å². The lowest BCUT2D eigenvalue weighted by Crippen LogP contribution is -2.56. The van der Waals surface area contributed by atoms with Crippen molar-refractivity contribution < 1.29 is 9.90 Å². The molecule has 16 heavy (non-hydrogen) atoms. The van der Waals surface area contributed by atoms with Crippen LogP contribution in [-0.4, -0.2) is 40.7 Å². The van der Waals surface area contributed by atoms with E-state index in [1.165, 1.54) is 0 Å². The summed E-state index contributed by atoms with van der Waals surface area (Å²) in [6, 6.07) is 0. The Balaban J connectivity index is 4.26. The molecule has 0 spiro atoms. The maximum atomic E-state index is 11.8. The largest absolute Gasteiger partial charge is 0.387 e. The summed E-state index contributed by atoms with van der Waals surface area (Å²) >= 11 is 1.55. The molecular weight excluding hydrogens is 224 g/mol. The molecule has 0 heterocycles. The number of nitrogens with two attached hydrogens (primary N) is 1. The van der Waals surface area contributed by atoms with Crippen molar-refractivity contribution in [3.05, 3.63) is 0 Å². The van der Waals surface area contributed by atoms with Gasteiger partial charge in [0.05, 0.1) is 11.1 Å². The minimum atomic E-state index is -0.878.